The number of sulfonamides is 1. The van der Waals surface area contributed by atoms with Gasteiger partial charge in [-0.15, -0.1) is 0 Å². The van der Waals surface area contributed by atoms with Gasteiger partial charge in [-0.25, -0.2) is 8.42 Å². The average molecular weight is 483 g/mol. The van der Waals surface area contributed by atoms with Crippen LogP contribution in [-0.4, -0.2) is 14.2 Å². The van der Waals surface area contributed by atoms with Crippen molar-refractivity contribution in [3.8, 4) is 0 Å². The van der Waals surface area contributed by atoms with E-state index in [-0.39, 0.29) is 16.1 Å². The molecule has 1 N–H and O–H groups in total. The summed E-state index contributed by atoms with van der Waals surface area (Å²) < 4.78 is 34.4. The molecule has 1 aliphatic carbocycles. The first-order valence-electron chi connectivity index (χ1n) is 8.62. The molecule has 0 unspecified atom stereocenters. The van der Waals surface area contributed by atoms with Crippen molar-refractivity contribution in [3.63, 3.8) is 0 Å². The van der Waals surface area contributed by atoms with Crippen LogP contribution >= 0.6 is 27.5 Å². The number of fused-ring (bicyclic) bond motifs is 3. The second-order valence-electron chi connectivity index (χ2n) is 7.74. The third-order valence-corrected chi connectivity index (χ3v) is 6.99. The fourth-order valence-electron chi connectivity index (χ4n) is 3.54. The van der Waals surface area contributed by atoms with Crippen LogP contribution in [0.2, 0.25) is 5.02 Å². The Bertz CT molecular complexity index is 1210. The van der Waals surface area contributed by atoms with Crippen LogP contribution < -0.4 is 4.72 Å². The van der Waals surface area contributed by atoms with Gasteiger partial charge in [-0.3, -0.25) is 9.52 Å². The predicted molar refractivity (Wildman–Crippen MR) is 113 cm³/mol. The number of nitrogens with one attached hydrogen (secondary N) is 1. The Morgan fingerprint density at radius 3 is 2.50 bits per heavy atom. The van der Waals surface area contributed by atoms with Crippen LogP contribution in [0.4, 0.5) is 5.69 Å². The zero-order chi connectivity index (χ0) is 20.3. The number of benzene rings is 2. The van der Waals surface area contributed by atoms with E-state index in [0.29, 0.717) is 50.3 Å². The van der Waals surface area contributed by atoms with Crippen LogP contribution in [0.3, 0.4) is 0 Å². The van der Waals surface area contributed by atoms with Gasteiger partial charge in [0.05, 0.1) is 20.6 Å². The van der Waals surface area contributed by atoms with Gasteiger partial charge < -0.3 is 4.42 Å². The van der Waals surface area contributed by atoms with E-state index in [9.17, 15) is 13.2 Å². The Labute approximate surface area is 176 Å². The minimum absolute atomic E-state index is 0.00890. The van der Waals surface area contributed by atoms with Crippen LogP contribution in [0.15, 0.2) is 50.2 Å². The number of anilines is 1. The molecule has 1 heterocycles. The number of hydrogen-bond donors (Lipinski definition) is 1. The lowest BCUT2D eigenvalue weighted by atomic mass is 9.76. The summed E-state index contributed by atoms with van der Waals surface area (Å²) in [6, 6.07) is 9.17. The third-order valence-electron chi connectivity index (χ3n) is 4.75. The number of halogens is 2. The van der Waals surface area contributed by atoms with E-state index in [2.05, 4.69) is 20.7 Å². The second-order valence-corrected chi connectivity index (χ2v) is 10.7. The topological polar surface area (TPSA) is 76.4 Å². The lowest BCUT2D eigenvalue weighted by Gasteiger charge is -2.27. The van der Waals surface area contributed by atoms with Crippen molar-refractivity contribution < 1.29 is 17.6 Å². The highest BCUT2D eigenvalue weighted by Crippen LogP contribution is 2.42. The number of hydrogen-bond acceptors (Lipinski definition) is 4. The highest BCUT2D eigenvalue weighted by molar-refractivity contribution is 9.10. The van der Waals surface area contributed by atoms with Crippen LogP contribution in [-0.2, 0) is 16.4 Å². The Kier molecular flexibility index (Phi) is 4.60. The molecule has 0 atom stereocenters. The summed E-state index contributed by atoms with van der Waals surface area (Å²) in [5, 5.41) is 1.06. The van der Waals surface area contributed by atoms with Gasteiger partial charge >= 0.3 is 0 Å². The van der Waals surface area contributed by atoms with Crippen molar-refractivity contribution in [2.45, 2.75) is 31.6 Å². The van der Waals surface area contributed by atoms with Gasteiger partial charge in [0.1, 0.15) is 11.3 Å². The number of carbonyl (C=O) groups is 1. The molecule has 8 heteroatoms. The van der Waals surface area contributed by atoms with E-state index < -0.39 is 10.0 Å². The molecular formula is C20H17BrClNO4S. The summed E-state index contributed by atoms with van der Waals surface area (Å²) in [7, 11) is -3.80. The summed E-state index contributed by atoms with van der Waals surface area (Å²) in [6.07, 6.45) is 1.08. The van der Waals surface area contributed by atoms with E-state index in [4.69, 9.17) is 16.0 Å². The molecule has 1 aliphatic rings. The van der Waals surface area contributed by atoms with Crippen LogP contribution in [0.5, 0.6) is 0 Å². The van der Waals surface area contributed by atoms with Crippen LogP contribution in [0, 0.1) is 5.41 Å². The van der Waals surface area contributed by atoms with Crippen LogP contribution in [0.1, 0.15) is 36.4 Å². The van der Waals surface area contributed by atoms with Gasteiger partial charge in [-0.2, -0.15) is 0 Å². The Hall–Kier alpha value is -1.83. The third kappa shape index (κ3) is 3.47. The van der Waals surface area contributed by atoms with Crippen molar-refractivity contribution >= 4 is 60.0 Å². The van der Waals surface area contributed by atoms with Gasteiger partial charge in [0.15, 0.2) is 5.78 Å². The van der Waals surface area contributed by atoms with Gasteiger partial charge in [0.2, 0.25) is 0 Å². The summed E-state index contributed by atoms with van der Waals surface area (Å²) in [6.45, 7) is 4.06. The summed E-state index contributed by atoms with van der Waals surface area (Å²) >= 11 is 9.27. The normalized spacial score (nSPS) is 16.2. The highest BCUT2D eigenvalue weighted by atomic mass is 79.9. The molecule has 1 aromatic heterocycles. The average Bonchev–Trinajstić information content (AvgIpc) is 2.92. The summed E-state index contributed by atoms with van der Waals surface area (Å²) in [5.74, 6) is 0.657. The first-order valence-corrected chi connectivity index (χ1v) is 11.3. The highest BCUT2D eigenvalue weighted by Gasteiger charge is 2.35. The fourth-order valence-corrected chi connectivity index (χ4v) is 5.25. The molecule has 0 aliphatic heterocycles. The maximum Gasteiger partial charge on any atom is 0.261 e. The lowest BCUT2D eigenvalue weighted by molar-refractivity contribution is 0.0906. The molecule has 5 nitrogen and oxygen atoms in total. The minimum Gasteiger partial charge on any atom is -0.459 e. The number of Topliss-reactive ketones (excluding diaryl/α,β-unsaturated/α-hetero) is 1. The van der Waals surface area contributed by atoms with Gasteiger partial charge in [-0.05, 0) is 57.7 Å². The molecule has 4 rings (SSSR count). The van der Waals surface area contributed by atoms with E-state index in [1.807, 2.05) is 13.8 Å². The number of furan rings is 1. The zero-order valence-electron chi connectivity index (χ0n) is 15.2. The maximum absolute atomic E-state index is 12.7. The van der Waals surface area contributed by atoms with Crippen molar-refractivity contribution in [2.24, 2.45) is 5.41 Å². The largest absolute Gasteiger partial charge is 0.459 e. The molecule has 28 heavy (non-hydrogen) atoms. The fraction of sp³-hybridized carbons (Fsp3) is 0.250. The Morgan fingerprint density at radius 2 is 1.82 bits per heavy atom. The molecule has 0 amide bonds. The molecule has 0 spiro atoms. The number of rotatable bonds is 3. The molecular weight excluding hydrogens is 466 g/mol. The standard InChI is InChI=1S/C20H17BrClNO4S/c1-20(2)9-16(24)18-14-7-12(8-15(21)19(14)27-17(18)10-20)23-28(25,26)13-5-3-11(22)4-6-13/h3-8,23H,9-10H2,1-2H3. The maximum atomic E-state index is 12.7. The molecule has 3 aromatic rings. The van der Waals surface area contributed by atoms with E-state index in [1.165, 1.54) is 24.3 Å². The van der Waals surface area contributed by atoms with Crippen molar-refractivity contribution in [2.75, 3.05) is 4.72 Å². The second kappa shape index (κ2) is 6.61. The quantitative estimate of drug-likeness (QED) is 0.511. The summed E-state index contributed by atoms with van der Waals surface area (Å²) in [5.41, 5.74) is 1.27. The Morgan fingerprint density at radius 1 is 1.14 bits per heavy atom. The number of carbonyl (C=O) groups excluding carboxylic acids is 1. The molecule has 0 bridgehead atoms. The minimum atomic E-state index is -3.80. The van der Waals surface area contributed by atoms with Gasteiger partial charge in [0, 0.05) is 23.3 Å². The predicted octanol–water partition coefficient (Wildman–Crippen LogP) is 5.80. The first-order chi connectivity index (χ1) is 13.1. The molecule has 0 fully saturated rings. The smallest absolute Gasteiger partial charge is 0.261 e. The molecule has 0 radical (unpaired) electrons. The van der Waals surface area contributed by atoms with Crippen molar-refractivity contribution in [3.05, 3.63) is 57.2 Å². The van der Waals surface area contributed by atoms with Gasteiger partial charge in [-0.1, -0.05) is 25.4 Å². The van der Waals surface area contributed by atoms with Gasteiger partial charge in [0.25, 0.3) is 10.0 Å². The van der Waals surface area contributed by atoms with E-state index >= 15 is 0 Å². The SMILES string of the molecule is CC1(C)CC(=O)c2c(oc3c(Br)cc(NS(=O)(=O)c4ccc(Cl)cc4)cc23)C1. The van der Waals surface area contributed by atoms with E-state index in [1.54, 1.807) is 12.1 Å². The molecule has 2 aromatic carbocycles. The monoisotopic (exact) mass is 481 g/mol. The molecule has 0 saturated carbocycles. The molecule has 146 valence electrons. The molecule has 0 saturated heterocycles. The van der Waals surface area contributed by atoms with Crippen molar-refractivity contribution in [1.82, 2.24) is 0 Å². The zero-order valence-corrected chi connectivity index (χ0v) is 18.3. The van der Waals surface area contributed by atoms with Crippen LogP contribution in [0.25, 0.3) is 11.0 Å². The lowest BCUT2D eigenvalue weighted by Crippen LogP contribution is -2.25. The Balaban J connectivity index is 1.79. The first kappa shape index (κ1) is 19.5. The summed E-state index contributed by atoms with van der Waals surface area (Å²) in [4.78, 5) is 12.8. The number of ketones is 1. The van der Waals surface area contributed by atoms with E-state index in [0.717, 1.165) is 0 Å². The van der Waals surface area contributed by atoms with Crippen molar-refractivity contribution in [1.29, 1.82) is 0 Å².